The van der Waals surface area contributed by atoms with Gasteiger partial charge in [-0.2, -0.15) is 0 Å². The number of hydrogen-bond donors (Lipinski definition) is 3. The molecule has 0 spiro atoms. The van der Waals surface area contributed by atoms with Crippen molar-refractivity contribution in [3.63, 3.8) is 0 Å². The number of allylic oxidation sites excluding steroid dienone is 1. The number of ether oxygens (including phenoxy) is 1. The molecule has 29 heavy (non-hydrogen) atoms. The van der Waals surface area contributed by atoms with Crippen LogP contribution in [0, 0.1) is 0 Å². The van der Waals surface area contributed by atoms with Crippen molar-refractivity contribution >= 4 is 17.6 Å². The Morgan fingerprint density at radius 3 is 2.76 bits per heavy atom. The highest BCUT2D eigenvalue weighted by atomic mass is 16.5. The number of pyridine rings is 1. The third kappa shape index (κ3) is 3.31. The van der Waals surface area contributed by atoms with E-state index in [4.69, 9.17) is 10.5 Å². The van der Waals surface area contributed by atoms with Gasteiger partial charge >= 0.3 is 0 Å². The summed E-state index contributed by atoms with van der Waals surface area (Å²) < 4.78 is 5.99. The minimum absolute atomic E-state index is 0.0403. The molecule has 0 radical (unpaired) electrons. The quantitative estimate of drug-likeness (QED) is 0.704. The standard InChI is InChI=1S/C22H28N4O3/c23-18-16(9-15-7-3-4-8-17(15)25-18)20(28)24-12-22-10-21(11-22,13-29-22)26-19(27)14-5-1-2-6-14/h5,9H,1-4,6-8,10-13H2,(H2,23,25)(H,24,28)(H,26,27). The van der Waals surface area contributed by atoms with Gasteiger partial charge in [-0.25, -0.2) is 4.98 Å². The Morgan fingerprint density at radius 2 is 1.97 bits per heavy atom. The molecule has 5 aliphatic rings. The van der Waals surface area contributed by atoms with Crippen molar-refractivity contribution in [1.82, 2.24) is 15.6 Å². The van der Waals surface area contributed by atoms with Gasteiger partial charge in [0, 0.05) is 30.7 Å². The molecule has 1 aromatic rings. The lowest BCUT2D eigenvalue weighted by Gasteiger charge is -2.44. The van der Waals surface area contributed by atoms with E-state index >= 15 is 0 Å². The summed E-state index contributed by atoms with van der Waals surface area (Å²) in [4.78, 5) is 29.6. The van der Waals surface area contributed by atoms with Crippen molar-refractivity contribution < 1.29 is 14.3 Å². The highest BCUT2D eigenvalue weighted by molar-refractivity contribution is 5.98. The van der Waals surface area contributed by atoms with Gasteiger partial charge in [0.05, 0.1) is 23.3 Å². The van der Waals surface area contributed by atoms with E-state index in [9.17, 15) is 9.59 Å². The van der Waals surface area contributed by atoms with E-state index in [0.717, 1.165) is 74.6 Å². The highest BCUT2D eigenvalue weighted by Crippen LogP contribution is 2.51. The molecule has 6 rings (SSSR count). The lowest BCUT2D eigenvalue weighted by atomic mass is 9.68. The second-order valence-electron chi connectivity index (χ2n) is 9.10. The zero-order valence-corrected chi connectivity index (χ0v) is 16.7. The second-order valence-corrected chi connectivity index (χ2v) is 9.10. The average molecular weight is 396 g/mol. The Labute approximate surface area is 170 Å². The molecule has 154 valence electrons. The number of nitrogen functional groups attached to an aromatic ring is 1. The van der Waals surface area contributed by atoms with Gasteiger partial charge < -0.3 is 21.1 Å². The second kappa shape index (κ2) is 6.83. The molecule has 2 saturated heterocycles. The molecule has 3 fully saturated rings. The third-order valence-corrected chi connectivity index (χ3v) is 6.83. The van der Waals surface area contributed by atoms with Crippen LogP contribution in [0.1, 0.15) is 66.6 Å². The fourth-order valence-electron chi connectivity index (χ4n) is 5.34. The van der Waals surface area contributed by atoms with Crippen LogP contribution >= 0.6 is 0 Å². The Morgan fingerprint density at radius 1 is 1.14 bits per heavy atom. The molecular formula is C22H28N4O3. The number of hydrogen-bond acceptors (Lipinski definition) is 5. The fraction of sp³-hybridized carbons (Fsp3) is 0.591. The van der Waals surface area contributed by atoms with E-state index in [0.29, 0.717) is 24.5 Å². The SMILES string of the molecule is Nc1nc2c(cc1C(=O)NCC13CC(NC(=O)C4=CCCC4)(CO1)C3)CCCC2. The first-order valence-corrected chi connectivity index (χ1v) is 10.7. The van der Waals surface area contributed by atoms with E-state index in [1.807, 2.05) is 12.1 Å². The predicted octanol–water partition coefficient (Wildman–Crippen LogP) is 1.80. The van der Waals surface area contributed by atoms with Crippen LogP contribution in [0.15, 0.2) is 17.7 Å². The van der Waals surface area contributed by atoms with Gasteiger partial charge in [0.25, 0.3) is 5.91 Å². The summed E-state index contributed by atoms with van der Waals surface area (Å²) in [7, 11) is 0. The average Bonchev–Trinajstić information content (AvgIpc) is 3.41. The Bertz CT molecular complexity index is 902. The number of anilines is 1. The summed E-state index contributed by atoms with van der Waals surface area (Å²) in [5.41, 5.74) is 8.90. The van der Waals surface area contributed by atoms with Crippen molar-refractivity contribution in [3.8, 4) is 0 Å². The van der Waals surface area contributed by atoms with Gasteiger partial charge in [-0.05, 0) is 56.6 Å². The first-order chi connectivity index (χ1) is 14.0. The number of aromatic nitrogens is 1. The summed E-state index contributed by atoms with van der Waals surface area (Å²) in [6, 6.07) is 1.90. The number of aryl methyl sites for hydroxylation is 2. The molecule has 1 aromatic heterocycles. The number of nitrogens with zero attached hydrogens (tertiary/aromatic N) is 1. The summed E-state index contributed by atoms with van der Waals surface area (Å²) >= 11 is 0. The van der Waals surface area contributed by atoms with Gasteiger partial charge in [0.1, 0.15) is 5.82 Å². The maximum atomic E-state index is 12.7. The van der Waals surface area contributed by atoms with Crippen molar-refractivity contribution in [3.05, 3.63) is 34.5 Å². The predicted molar refractivity (Wildman–Crippen MR) is 108 cm³/mol. The number of nitrogens with two attached hydrogens (primary N) is 1. The van der Waals surface area contributed by atoms with Crippen LogP contribution in [-0.2, 0) is 22.4 Å². The van der Waals surface area contributed by atoms with Gasteiger partial charge in [0.15, 0.2) is 0 Å². The molecular weight excluding hydrogens is 368 g/mol. The van der Waals surface area contributed by atoms with Gasteiger partial charge in [-0.1, -0.05) is 6.08 Å². The monoisotopic (exact) mass is 396 g/mol. The van der Waals surface area contributed by atoms with Crippen LogP contribution in [0.3, 0.4) is 0 Å². The maximum absolute atomic E-state index is 12.7. The van der Waals surface area contributed by atoms with Crippen LogP contribution < -0.4 is 16.4 Å². The minimum Gasteiger partial charge on any atom is -0.383 e. The third-order valence-electron chi connectivity index (χ3n) is 6.83. The summed E-state index contributed by atoms with van der Waals surface area (Å²) in [6.07, 6.45) is 10.5. The van der Waals surface area contributed by atoms with Crippen molar-refractivity contribution in [1.29, 1.82) is 0 Å². The molecule has 0 atom stereocenters. The first-order valence-electron chi connectivity index (χ1n) is 10.7. The maximum Gasteiger partial charge on any atom is 0.255 e. The number of rotatable bonds is 5. The fourth-order valence-corrected chi connectivity index (χ4v) is 5.34. The summed E-state index contributed by atoms with van der Waals surface area (Å²) in [5.74, 6) is 0.137. The molecule has 0 unspecified atom stereocenters. The lowest BCUT2D eigenvalue weighted by Crippen LogP contribution is -2.62. The normalized spacial score (nSPS) is 29.6. The molecule has 2 bridgehead atoms. The molecule has 0 aromatic carbocycles. The Balaban J connectivity index is 1.19. The zero-order valence-electron chi connectivity index (χ0n) is 16.7. The first kappa shape index (κ1) is 18.6. The van der Waals surface area contributed by atoms with Gasteiger partial charge in [-0.15, -0.1) is 0 Å². The van der Waals surface area contributed by atoms with Crippen molar-refractivity contribution in [2.24, 2.45) is 0 Å². The van der Waals surface area contributed by atoms with E-state index in [-0.39, 0.29) is 23.0 Å². The van der Waals surface area contributed by atoms with Crippen LogP contribution in [0.25, 0.3) is 0 Å². The highest BCUT2D eigenvalue weighted by Gasteiger charge is 2.63. The van der Waals surface area contributed by atoms with E-state index in [1.54, 1.807) is 0 Å². The van der Waals surface area contributed by atoms with Gasteiger partial charge in [0.2, 0.25) is 5.91 Å². The molecule has 7 nitrogen and oxygen atoms in total. The molecule has 3 aliphatic carbocycles. The van der Waals surface area contributed by atoms with E-state index in [2.05, 4.69) is 15.6 Å². The van der Waals surface area contributed by atoms with Crippen LogP contribution in [-0.4, -0.2) is 41.1 Å². The van der Waals surface area contributed by atoms with E-state index in [1.165, 1.54) is 0 Å². The molecule has 2 amide bonds. The van der Waals surface area contributed by atoms with E-state index < -0.39 is 0 Å². The molecule has 1 saturated carbocycles. The largest absolute Gasteiger partial charge is 0.383 e. The van der Waals surface area contributed by atoms with Crippen LogP contribution in [0.5, 0.6) is 0 Å². The van der Waals surface area contributed by atoms with Crippen molar-refractivity contribution in [2.75, 3.05) is 18.9 Å². The Kier molecular flexibility index (Phi) is 4.38. The van der Waals surface area contributed by atoms with Crippen molar-refractivity contribution in [2.45, 2.75) is 68.9 Å². The Hall–Kier alpha value is -2.41. The smallest absolute Gasteiger partial charge is 0.255 e. The molecule has 3 heterocycles. The zero-order chi connectivity index (χ0) is 20.1. The number of carbonyl (C=O) groups excluding carboxylic acids is 2. The lowest BCUT2D eigenvalue weighted by molar-refractivity contribution is -0.120. The molecule has 2 aliphatic heterocycles. The summed E-state index contributed by atoms with van der Waals surface area (Å²) in [5, 5.41) is 6.16. The van der Waals surface area contributed by atoms with Gasteiger partial charge in [-0.3, -0.25) is 9.59 Å². The van der Waals surface area contributed by atoms with Crippen LogP contribution in [0.4, 0.5) is 5.82 Å². The van der Waals surface area contributed by atoms with Crippen LogP contribution in [0.2, 0.25) is 0 Å². The number of fused-ring (bicyclic) bond motifs is 2. The number of carbonyl (C=O) groups is 2. The topological polar surface area (TPSA) is 106 Å². The molecule has 4 N–H and O–H groups in total. The number of nitrogens with one attached hydrogen (secondary N) is 2. The summed E-state index contributed by atoms with van der Waals surface area (Å²) in [6.45, 7) is 0.924. The number of amides is 2. The minimum atomic E-state index is -0.386. The molecule has 7 heteroatoms.